The van der Waals surface area contributed by atoms with Gasteiger partial charge in [0.1, 0.15) is 0 Å². The lowest BCUT2D eigenvalue weighted by atomic mass is 9.50. The molecule has 0 heterocycles. The highest BCUT2D eigenvalue weighted by Gasteiger charge is 2.70. The summed E-state index contributed by atoms with van der Waals surface area (Å²) in [5, 5.41) is 35.4. The van der Waals surface area contributed by atoms with Crippen LogP contribution >= 0.6 is 0 Å². The van der Waals surface area contributed by atoms with Crippen LogP contribution in [0.1, 0.15) is 6.42 Å². The minimum Gasteiger partial charge on any atom is -0.378 e. The normalized spacial score (nSPS) is 25.6. The molecule has 1 aliphatic carbocycles. The second-order valence-corrected chi connectivity index (χ2v) is 3.09. The summed E-state index contributed by atoms with van der Waals surface area (Å²) >= 11 is 0. The second-order valence-electron chi connectivity index (χ2n) is 3.09. The Morgan fingerprint density at radius 3 is 1.86 bits per heavy atom. The van der Waals surface area contributed by atoms with Crippen LogP contribution in [-0.4, -0.2) is 13.2 Å². The van der Waals surface area contributed by atoms with E-state index in [9.17, 15) is 0 Å². The van der Waals surface area contributed by atoms with E-state index in [1.807, 2.05) is 0 Å². The smallest absolute Gasteiger partial charge is 0.201 e. The molecule has 5 nitrogen and oxygen atoms in total. The molecule has 68 valence electrons. The van der Waals surface area contributed by atoms with Gasteiger partial charge in [-0.3, -0.25) is 0 Å². The average Bonchev–Trinajstić information content (AvgIpc) is 2.21. The minimum absolute atomic E-state index is 0.109. The predicted molar refractivity (Wildman–Crippen MR) is 42.7 cm³/mol. The lowest BCUT2D eigenvalue weighted by Crippen LogP contribution is -2.59. The Morgan fingerprint density at radius 1 is 1.07 bits per heavy atom. The molecular formula is C9H6N4O. The number of methoxy groups -OCH3 is 1. The van der Waals surface area contributed by atoms with Crippen LogP contribution in [0.2, 0.25) is 0 Å². The van der Waals surface area contributed by atoms with Gasteiger partial charge in [-0.05, 0) is 0 Å². The molecule has 14 heavy (non-hydrogen) atoms. The summed E-state index contributed by atoms with van der Waals surface area (Å²) < 4.78 is 4.90. The van der Waals surface area contributed by atoms with Crippen molar-refractivity contribution in [3.63, 3.8) is 0 Å². The molecule has 1 fully saturated rings. The second kappa shape index (κ2) is 3.00. The molecule has 0 N–H and O–H groups in total. The molecule has 0 aromatic carbocycles. The van der Waals surface area contributed by atoms with E-state index < -0.39 is 16.9 Å². The van der Waals surface area contributed by atoms with Crippen LogP contribution in [0.5, 0.6) is 0 Å². The highest BCUT2D eigenvalue weighted by atomic mass is 16.5. The summed E-state index contributed by atoms with van der Waals surface area (Å²) in [6.07, 6.45) is -0.547. The number of hydrogen-bond acceptors (Lipinski definition) is 5. The van der Waals surface area contributed by atoms with Crippen LogP contribution in [0.4, 0.5) is 0 Å². The van der Waals surface area contributed by atoms with Crippen molar-refractivity contribution in [2.75, 3.05) is 7.11 Å². The van der Waals surface area contributed by atoms with Gasteiger partial charge in [-0.1, -0.05) is 0 Å². The molecule has 0 bridgehead atoms. The van der Waals surface area contributed by atoms with Crippen molar-refractivity contribution < 1.29 is 4.74 Å². The first kappa shape index (κ1) is 10.0. The summed E-state index contributed by atoms with van der Waals surface area (Å²) in [6.45, 7) is 0. The maximum atomic E-state index is 8.88. The molecule has 5 heteroatoms. The van der Waals surface area contributed by atoms with Crippen LogP contribution in [0.3, 0.4) is 0 Å². The van der Waals surface area contributed by atoms with Crippen LogP contribution in [-0.2, 0) is 4.74 Å². The van der Waals surface area contributed by atoms with Gasteiger partial charge >= 0.3 is 0 Å². The van der Waals surface area contributed by atoms with Gasteiger partial charge in [-0.2, -0.15) is 21.0 Å². The fraction of sp³-hybridized carbons (Fsp3) is 0.556. The number of nitriles is 4. The SMILES string of the molecule is CO[C@@H]1CC(C#N)(C#N)C1(C#N)C#N. The van der Waals surface area contributed by atoms with Crippen LogP contribution in [0.15, 0.2) is 0 Å². The van der Waals surface area contributed by atoms with Gasteiger partial charge < -0.3 is 4.74 Å². The van der Waals surface area contributed by atoms with Gasteiger partial charge in [-0.25, -0.2) is 0 Å². The number of nitrogens with zero attached hydrogens (tertiary/aromatic N) is 4. The molecular weight excluding hydrogens is 180 g/mol. The van der Waals surface area contributed by atoms with Gasteiger partial charge in [0.25, 0.3) is 0 Å². The van der Waals surface area contributed by atoms with E-state index in [0.717, 1.165) is 0 Å². The van der Waals surface area contributed by atoms with Crippen LogP contribution in [0, 0.1) is 56.2 Å². The molecule has 0 saturated heterocycles. The van der Waals surface area contributed by atoms with E-state index in [1.165, 1.54) is 7.11 Å². The van der Waals surface area contributed by atoms with E-state index in [4.69, 9.17) is 25.8 Å². The Balaban J connectivity index is 3.25. The van der Waals surface area contributed by atoms with Gasteiger partial charge in [-0.15, -0.1) is 0 Å². The molecule has 1 rings (SSSR count). The molecule has 0 spiro atoms. The number of hydrogen-bond donors (Lipinski definition) is 0. The molecule has 0 unspecified atom stereocenters. The standard InChI is InChI=1S/C9H6N4O/c1-14-7-2-8(3-10,4-11)9(7,5-12)6-13/h7H,2H2,1H3/t7-/m1/s1. The fourth-order valence-corrected chi connectivity index (χ4v) is 1.65. The molecule has 0 aliphatic heterocycles. The molecule has 1 aliphatic rings. The van der Waals surface area contributed by atoms with Crippen molar-refractivity contribution >= 4 is 0 Å². The van der Waals surface area contributed by atoms with Crippen molar-refractivity contribution in [1.29, 1.82) is 21.0 Å². The van der Waals surface area contributed by atoms with Crippen molar-refractivity contribution in [3.8, 4) is 24.3 Å². The molecule has 1 atom stereocenters. The third-order valence-corrected chi connectivity index (χ3v) is 2.67. The van der Waals surface area contributed by atoms with Gasteiger partial charge in [0.15, 0.2) is 5.41 Å². The van der Waals surface area contributed by atoms with Gasteiger partial charge in [0.05, 0.1) is 30.4 Å². The Bertz CT molecular complexity index is 386. The highest BCUT2D eigenvalue weighted by Crippen LogP contribution is 2.56. The molecule has 0 aromatic rings. The summed E-state index contributed by atoms with van der Waals surface area (Å²) in [5.41, 5.74) is -3.19. The van der Waals surface area contributed by atoms with E-state index in [-0.39, 0.29) is 6.42 Å². The Kier molecular flexibility index (Phi) is 2.15. The Labute approximate surface area is 81.3 Å². The Morgan fingerprint density at radius 2 is 1.57 bits per heavy atom. The van der Waals surface area contributed by atoms with Crippen LogP contribution in [0.25, 0.3) is 0 Å². The quantitative estimate of drug-likeness (QED) is 0.591. The van der Waals surface area contributed by atoms with Crippen molar-refractivity contribution in [2.24, 2.45) is 10.8 Å². The van der Waals surface area contributed by atoms with Crippen molar-refractivity contribution in [1.82, 2.24) is 0 Å². The highest BCUT2D eigenvalue weighted by molar-refractivity contribution is 5.43. The van der Waals surface area contributed by atoms with Gasteiger partial charge in [0.2, 0.25) is 5.41 Å². The predicted octanol–water partition coefficient (Wildman–Crippen LogP) is 0.472. The van der Waals surface area contributed by atoms with Crippen molar-refractivity contribution in [2.45, 2.75) is 12.5 Å². The van der Waals surface area contributed by atoms with Gasteiger partial charge in [0, 0.05) is 13.5 Å². The largest absolute Gasteiger partial charge is 0.378 e. The number of rotatable bonds is 1. The first-order valence-electron chi connectivity index (χ1n) is 3.84. The molecule has 0 aromatic heterocycles. The minimum atomic E-state index is -1.65. The van der Waals surface area contributed by atoms with E-state index >= 15 is 0 Å². The summed E-state index contributed by atoms with van der Waals surface area (Å²) in [7, 11) is 1.35. The zero-order valence-electron chi connectivity index (χ0n) is 7.48. The number of ether oxygens (including phenoxy) is 1. The fourth-order valence-electron chi connectivity index (χ4n) is 1.65. The third-order valence-electron chi connectivity index (χ3n) is 2.67. The zero-order chi connectivity index (χ0) is 10.8. The summed E-state index contributed by atoms with van der Waals surface area (Å²) in [5.74, 6) is 0. The first-order valence-corrected chi connectivity index (χ1v) is 3.84. The summed E-state index contributed by atoms with van der Waals surface area (Å²) in [4.78, 5) is 0. The van der Waals surface area contributed by atoms with E-state index in [2.05, 4.69) is 0 Å². The lowest BCUT2D eigenvalue weighted by molar-refractivity contribution is -0.0864. The Hall–Kier alpha value is -2.08. The summed E-state index contributed by atoms with van der Waals surface area (Å²) in [6, 6.07) is 6.93. The van der Waals surface area contributed by atoms with E-state index in [1.54, 1.807) is 24.3 Å². The van der Waals surface area contributed by atoms with Crippen LogP contribution < -0.4 is 0 Å². The first-order chi connectivity index (χ1) is 6.66. The maximum Gasteiger partial charge on any atom is 0.201 e. The monoisotopic (exact) mass is 186 g/mol. The topological polar surface area (TPSA) is 104 Å². The molecule has 0 amide bonds. The average molecular weight is 186 g/mol. The van der Waals surface area contributed by atoms with E-state index in [0.29, 0.717) is 0 Å². The maximum absolute atomic E-state index is 8.88. The third kappa shape index (κ3) is 0.775. The molecule has 1 saturated carbocycles. The zero-order valence-corrected chi connectivity index (χ0v) is 7.48. The molecule has 0 radical (unpaired) electrons. The van der Waals surface area contributed by atoms with Crippen molar-refractivity contribution in [3.05, 3.63) is 0 Å². The lowest BCUT2D eigenvalue weighted by Gasteiger charge is -2.47.